The van der Waals surface area contributed by atoms with Crippen LogP contribution >= 0.6 is 0 Å². The quantitative estimate of drug-likeness (QED) is 0.688. The largest absolute Gasteiger partial charge is 0.378 e. The van der Waals surface area contributed by atoms with Crippen LogP contribution in [0.3, 0.4) is 0 Å². The molecule has 0 aromatic rings. The fourth-order valence-electron chi connectivity index (χ4n) is 2.82. The second kappa shape index (κ2) is 5.75. The molecule has 2 unspecified atom stereocenters. The molecule has 17 heavy (non-hydrogen) atoms. The minimum absolute atomic E-state index is 0.259. The first-order valence-electron chi connectivity index (χ1n) is 7.02. The van der Waals surface area contributed by atoms with Gasteiger partial charge in [-0.25, -0.2) is 0 Å². The van der Waals surface area contributed by atoms with Gasteiger partial charge in [0.2, 0.25) is 0 Å². The van der Waals surface area contributed by atoms with Crippen LogP contribution in [0.15, 0.2) is 0 Å². The molecule has 1 rings (SSSR count). The van der Waals surface area contributed by atoms with Crippen molar-refractivity contribution in [1.29, 1.82) is 0 Å². The standard InChI is InChI=1S/C14H29BO2/c1-9(2)16-8-11-7-12(15)14(5,6)13(11)17-10(3)4/h9-13H,7-8,15H2,1-6H3/t11-,12?,13?/m0/s1. The molecule has 0 radical (unpaired) electrons. The Morgan fingerprint density at radius 2 is 1.76 bits per heavy atom. The SMILES string of the molecule is BC1C[C@@H](COC(C)C)C(OC(C)C)C1(C)C. The molecule has 1 saturated carbocycles. The van der Waals surface area contributed by atoms with Gasteiger partial charge in [0.15, 0.2) is 0 Å². The molecule has 2 nitrogen and oxygen atoms in total. The highest BCUT2D eigenvalue weighted by Gasteiger charge is 2.47. The summed E-state index contributed by atoms with van der Waals surface area (Å²) in [7, 11) is 2.34. The molecule has 1 aliphatic carbocycles. The van der Waals surface area contributed by atoms with Crippen molar-refractivity contribution in [3.63, 3.8) is 0 Å². The predicted molar refractivity (Wildman–Crippen MR) is 75.3 cm³/mol. The second-order valence-electron chi connectivity index (χ2n) is 6.71. The van der Waals surface area contributed by atoms with Crippen LogP contribution in [0.1, 0.15) is 48.0 Å². The summed E-state index contributed by atoms with van der Waals surface area (Å²) in [4.78, 5) is 0. The van der Waals surface area contributed by atoms with Crippen LogP contribution in [0.4, 0.5) is 0 Å². The Bertz CT molecular complexity index is 238. The molecule has 1 aliphatic rings. The van der Waals surface area contributed by atoms with E-state index in [1.807, 2.05) is 0 Å². The third-order valence-corrected chi connectivity index (χ3v) is 4.15. The average Bonchev–Trinajstić information content (AvgIpc) is 2.38. The van der Waals surface area contributed by atoms with E-state index in [1.165, 1.54) is 6.42 Å². The summed E-state index contributed by atoms with van der Waals surface area (Å²) in [5.41, 5.74) is 0.259. The molecule has 0 amide bonds. The zero-order chi connectivity index (χ0) is 13.2. The number of hydrogen-bond acceptors (Lipinski definition) is 2. The third-order valence-electron chi connectivity index (χ3n) is 4.15. The molecule has 0 saturated heterocycles. The van der Waals surface area contributed by atoms with Gasteiger partial charge in [0.05, 0.1) is 24.9 Å². The molecule has 0 heterocycles. The minimum Gasteiger partial charge on any atom is -0.378 e. The summed E-state index contributed by atoms with van der Waals surface area (Å²) in [5, 5.41) is 0. The zero-order valence-electron chi connectivity index (χ0n) is 12.6. The molecule has 3 atom stereocenters. The maximum Gasteiger partial charge on any atom is 0.106 e. The van der Waals surface area contributed by atoms with E-state index in [0.717, 1.165) is 6.61 Å². The smallest absolute Gasteiger partial charge is 0.106 e. The Balaban J connectivity index is 2.68. The Hall–Kier alpha value is -0.0151. The molecule has 0 bridgehead atoms. The highest BCUT2D eigenvalue weighted by Crippen LogP contribution is 2.50. The van der Waals surface area contributed by atoms with E-state index in [-0.39, 0.29) is 5.41 Å². The summed E-state index contributed by atoms with van der Waals surface area (Å²) >= 11 is 0. The lowest BCUT2D eigenvalue weighted by molar-refractivity contribution is -0.0834. The molecule has 0 aromatic heterocycles. The normalized spacial score (nSPS) is 32.6. The van der Waals surface area contributed by atoms with E-state index in [4.69, 9.17) is 9.47 Å². The fourth-order valence-corrected chi connectivity index (χ4v) is 2.82. The molecule has 0 aliphatic heterocycles. The van der Waals surface area contributed by atoms with Crippen molar-refractivity contribution >= 4 is 7.85 Å². The summed E-state index contributed by atoms with van der Waals surface area (Å²) in [5.74, 6) is 1.25. The van der Waals surface area contributed by atoms with Gasteiger partial charge in [-0.15, -0.1) is 0 Å². The van der Waals surface area contributed by atoms with E-state index < -0.39 is 0 Å². The molecule has 0 spiro atoms. The fraction of sp³-hybridized carbons (Fsp3) is 1.00. The minimum atomic E-state index is 0.259. The Morgan fingerprint density at radius 1 is 1.18 bits per heavy atom. The maximum atomic E-state index is 6.16. The molecular weight excluding hydrogens is 211 g/mol. The highest BCUT2D eigenvalue weighted by molar-refractivity contribution is 6.12. The van der Waals surface area contributed by atoms with Crippen molar-refractivity contribution in [2.45, 2.75) is 72.1 Å². The lowest BCUT2D eigenvalue weighted by atomic mass is 9.69. The van der Waals surface area contributed by atoms with Crippen LogP contribution in [0.5, 0.6) is 0 Å². The number of ether oxygens (including phenoxy) is 2. The van der Waals surface area contributed by atoms with Gasteiger partial charge in [-0.2, -0.15) is 0 Å². The first-order valence-corrected chi connectivity index (χ1v) is 7.02. The Labute approximate surface area is 108 Å². The van der Waals surface area contributed by atoms with Crippen molar-refractivity contribution in [1.82, 2.24) is 0 Å². The van der Waals surface area contributed by atoms with Crippen LogP contribution in [0, 0.1) is 11.3 Å². The lowest BCUT2D eigenvalue weighted by Crippen LogP contribution is -2.36. The van der Waals surface area contributed by atoms with Gasteiger partial charge >= 0.3 is 0 Å². The predicted octanol–water partition coefficient (Wildman–Crippen LogP) is 2.67. The van der Waals surface area contributed by atoms with Crippen molar-refractivity contribution in [3.05, 3.63) is 0 Å². The summed E-state index contributed by atoms with van der Waals surface area (Å²) in [6.07, 6.45) is 2.16. The van der Waals surface area contributed by atoms with Crippen molar-refractivity contribution in [2.75, 3.05) is 6.61 Å². The van der Waals surface area contributed by atoms with Crippen LogP contribution in [0.25, 0.3) is 0 Å². The molecule has 0 N–H and O–H groups in total. The van der Waals surface area contributed by atoms with Crippen LogP contribution in [-0.2, 0) is 9.47 Å². The first kappa shape index (κ1) is 15.0. The molecule has 100 valence electrons. The van der Waals surface area contributed by atoms with Crippen LogP contribution in [-0.4, -0.2) is 32.8 Å². The van der Waals surface area contributed by atoms with Crippen molar-refractivity contribution < 1.29 is 9.47 Å². The van der Waals surface area contributed by atoms with E-state index in [0.29, 0.717) is 30.0 Å². The van der Waals surface area contributed by atoms with Gasteiger partial charge in [0.1, 0.15) is 7.85 Å². The van der Waals surface area contributed by atoms with E-state index in [2.05, 4.69) is 49.4 Å². The van der Waals surface area contributed by atoms with Crippen LogP contribution in [0.2, 0.25) is 5.82 Å². The van der Waals surface area contributed by atoms with Gasteiger partial charge in [0, 0.05) is 5.92 Å². The van der Waals surface area contributed by atoms with Crippen molar-refractivity contribution in [3.8, 4) is 0 Å². The van der Waals surface area contributed by atoms with E-state index in [1.54, 1.807) is 0 Å². The lowest BCUT2D eigenvalue weighted by Gasteiger charge is -2.34. The first-order chi connectivity index (χ1) is 7.75. The third kappa shape index (κ3) is 3.72. The summed E-state index contributed by atoms with van der Waals surface area (Å²) in [6.45, 7) is 13.9. The van der Waals surface area contributed by atoms with Gasteiger partial charge < -0.3 is 9.47 Å². The van der Waals surface area contributed by atoms with Gasteiger partial charge in [-0.1, -0.05) is 19.7 Å². The number of rotatable bonds is 5. The van der Waals surface area contributed by atoms with Gasteiger partial charge in [-0.05, 0) is 39.5 Å². The second-order valence-corrected chi connectivity index (χ2v) is 6.71. The summed E-state index contributed by atoms with van der Waals surface area (Å²) < 4.78 is 12.0. The van der Waals surface area contributed by atoms with Crippen LogP contribution < -0.4 is 0 Å². The van der Waals surface area contributed by atoms with E-state index in [9.17, 15) is 0 Å². The summed E-state index contributed by atoms with van der Waals surface area (Å²) in [6, 6.07) is 0. The molecule has 1 fully saturated rings. The maximum absolute atomic E-state index is 6.16. The average molecular weight is 240 g/mol. The van der Waals surface area contributed by atoms with Gasteiger partial charge in [-0.3, -0.25) is 0 Å². The van der Waals surface area contributed by atoms with E-state index >= 15 is 0 Å². The monoisotopic (exact) mass is 240 g/mol. The molecular formula is C14H29BO2. The molecule has 0 aromatic carbocycles. The number of hydrogen-bond donors (Lipinski definition) is 0. The zero-order valence-corrected chi connectivity index (χ0v) is 12.6. The molecule has 3 heteroatoms. The van der Waals surface area contributed by atoms with Crippen molar-refractivity contribution in [2.24, 2.45) is 11.3 Å². The highest BCUT2D eigenvalue weighted by atomic mass is 16.5. The Kier molecular flexibility index (Phi) is 5.09. The van der Waals surface area contributed by atoms with Gasteiger partial charge in [0.25, 0.3) is 0 Å². The Morgan fingerprint density at radius 3 is 2.24 bits per heavy atom. The topological polar surface area (TPSA) is 18.5 Å².